The van der Waals surface area contributed by atoms with Gasteiger partial charge in [-0.2, -0.15) is 0 Å². The molecule has 1 unspecified atom stereocenters. The average molecular weight is 493 g/mol. The molecule has 0 aliphatic carbocycles. The number of hydrogen-bond donors (Lipinski definition) is 1. The van der Waals surface area contributed by atoms with Crippen LogP contribution in [-0.2, 0) is 16.1 Å². The van der Waals surface area contributed by atoms with Gasteiger partial charge in [-0.15, -0.1) is 0 Å². The molecule has 0 heterocycles. The van der Waals surface area contributed by atoms with Crippen LogP contribution in [-0.4, -0.2) is 35.9 Å². The van der Waals surface area contributed by atoms with Gasteiger partial charge < -0.3 is 15.0 Å². The highest BCUT2D eigenvalue weighted by molar-refractivity contribution is 6.35. The summed E-state index contributed by atoms with van der Waals surface area (Å²) in [6.45, 7) is 9.21. The number of nitrogens with zero attached hydrogens (tertiary/aromatic N) is 1. The minimum absolute atomic E-state index is 0.111. The first kappa shape index (κ1) is 27.0. The lowest BCUT2D eigenvalue weighted by Crippen LogP contribution is -2.49. The maximum atomic E-state index is 13.2. The summed E-state index contributed by atoms with van der Waals surface area (Å²) in [6, 6.07) is 12.4. The van der Waals surface area contributed by atoms with Gasteiger partial charge in [0.15, 0.2) is 0 Å². The SMILES string of the molecule is CCC(C(=O)NCC(C)C)N(Cc1ccc(Cl)cc1Cl)C(=O)CCCOc1ccc(C)cc1. The van der Waals surface area contributed by atoms with E-state index >= 15 is 0 Å². The fraction of sp³-hybridized carbons (Fsp3) is 0.462. The minimum Gasteiger partial charge on any atom is -0.494 e. The summed E-state index contributed by atoms with van der Waals surface area (Å²) in [5.41, 5.74) is 1.91. The zero-order valence-corrected chi connectivity index (χ0v) is 21.4. The molecule has 180 valence electrons. The van der Waals surface area contributed by atoms with Gasteiger partial charge in [0.1, 0.15) is 11.8 Å². The number of rotatable bonds is 12. The van der Waals surface area contributed by atoms with E-state index in [9.17, 15) is 9.59 Å². The van der Waals surface area contributed by atoms with Crippen LogP contribution in [0.5, 0.6) is 5.75 Å². The van der Waals surface area contributed by atoms with Gasteiger partial charge >= 0.3 is 0 Å². The molecular formula is C26H34Cl2N2O3. The van der Waals surface area contributed by atoms with Crippen molar-refractivity contribution in [1.82, 2.24) is 10.2 Å². The second kappa shape index (κ2) is 13.5. The zero-order valence-electron chi connectivity index (χ0n) is 19.9. The third kappa shape index (κ3) is 8.90. The number of carbonyl (C=O) groups excluding carboxylic acids is 2. The Kier molecular flexibility index (Phi) is 11.0. The van der Waals surface area contributed by atoms with Gasteiger partial charge in [0, 0.05) is 29.6 Å². The summed E-state index contributed by atoms with van der Waals surface area (Å²) < 4.78 is 5.76. The van der Waals surface area contributed by atoms with E-state index in [1.54, 1.807) is 23.1 Å². The van der Waals surface area contributed by atoms with Crippen molar-refractivity contribution < 1.29 is 14.3 Å². The van der Waals surface area contributed by atoms with Crippen molar-refractivity contribution in [2.45, 2.75) is 59.5 Å². The van der Waals surface area contributed by atoms with Crippen molar-refractivity contribution in [2.75, 3.05) is 13.2 Å². The Morgan fingerprint density at radius 2 is 1.79 bits per heavy atom. The number of hydrogen-bond acceptors (Lipinski definition) is 3. The molecule has 7 heteroatoms. The Bertz CT molecular complexity index is 916. The van der Waals surface area contributed by atoms with Crippen molar-refractivity contribution in [3.63, 3.8) is 0 Å². The molecule has 5 nitrogen and oxygen atoms in total. The van der Waals surface area contributed by atoms with Crippen molar-refractivity contribution >= 4 is 35.0 Å². The minimum atomic E-state index is -0.582. The van der Waals surface area contributed by atoms with E-state index in [2.05, 4.69) is 5.32 Å². The first-order valence-electron chi connectivity index (χ1n) is 11.4. The molecule has 0 radical (unpaired) electrons. The largest absolute Gasteiger partial charge is 0.494 e. The number of amides is 2. The molecule has 33 heavy (non-hydrogen) atoms. The average Bonchev–Trinajstić information content (AvgIpc) is 2.77. The summed E-state index contributed by atoms with van der Waals surface area (Å²) in [4.78, 5) is 27.8. The Balaban J connectivity index is 2.09. The second-order valence-corrected chi connectivity index (χ2v) is 9.43. The van der Waals surface area contributed by atoms with E-state index in [0.717, 1.165) is 16.9 Å². The molecule has 2 aromatic rings. The highest BCUT2D eigenvalue weighted by Gasteiger charge is 2.28. The number of benzene rings is 2. The van der Waals surface area contributed by atoms with E-state index in [4.69, 9.17) is 27.9 Å². The quantitative estimate of drug-likeness (QED) is 0.367. The van der Waals surface area contributed by atoms with E-state index in [1.165, 1.54) is 0 Å². The summed E-state index contributed by atoms with van der Waals surface area (Å²) in [6.07, 6.45) is 1.31. The molecule has 0 saturated heterocycles. The van der Waals surface area contributed by atoms with Crippen LogP contribution in [0.3, 0.4) is 0 Å². The van der Waals surface area contributed by atoms with Crippen molar-refractivity contribution in [3.8, 4) is 5.75 Å². The van der Waals surface area contributed by atoms with Crippen molar-refractivity contribution in [2.24, 2.45) is 5.92 Å². The monoisotopic (exact) mass is 492 g/mol. The molecule has 0 fully saturated rings. The topological polar surface area (TPSA) is 58.6 Å². The Hall–Kier alpha value is -2.24. The van der Waals surface area contributed by atoms with Crippen LogP contribution in [0.1, 0.15) is 51.2 Å². The van der Waals surface area contributed by atoms with E-state index in [-0.39, 0.29) is 24.8 Å². The lowest BCUT2D eigenvalue weighted by Gasteiger charge is -2.31. The molecule has 0 spiro atoms. The zero-order chi connectivity index (χ0) is 24.4. The first-order chi connectivity index (χ1) is 15.7. The van der Waals surface area contributed by atoms with Crippen LogP contribution < -0.4 is 10.1 Å². The van der Waals surface area contributed by atoms with Crippen LogP contribution in [0.4, 0.5) is 0 Å². The predicted octanol–water partition coefficient (Wildman–Crippen LogP) is 6.04. The smallest absolute Gasteiger partial charge is 0.242 e. The number of aryl methyl sites for hydroxylation is 1. The van der Waals surface area contributed by atoms with Gasteiger partial charge in [0.05, 0.1) is 6.61 Å². The molecule has 1 atom stereocenters. The first-order valence-corrected chi connectivity index (χ1v) is 12.2. The van der Waals surface area contributed by atoms with Gasteiger partial charge in [-0.25, -0.2) is 0 Å². The van der Waals surface area contributed by atoms with E-state index in [1.807, 2.05) is 52.0 Å². The van der Waals surface area contributed by atoms with Gasteiger partial charge in [-0.1, -0.05) is 67.7 Å². The van der Waals surface area contributed by atoms with E-state index < -0.39 is 6.04 Å². The number of halogens is 2. The molecule has 2 rings (SSSR count). The third-order valence-corrected chi connectivity index (χ3v) is 5.84. The second-order valence-electron chi connectivity index (χ2n) is 8.59. The van der Waals surface area contributed by atoms with E-state index in [0.29, 0.717) is 42.0 Å². The van der Waals surface area contributed by atoms with Crippen molar-refractivity contribution in [1.29, 1.82) is 0 Å². The van der Waals surface area contributed by atoms with Gasteiger partial charge in [-0.3, -0.25) is 9.59 Å². The fourth-order valence-electron chi connectivity index (χ4n) is 3.37. The van der Waals surface area contributed by atoms with Gasteiger partial charge in [0.25, 0.3) is 0 Å². The van der Waals surface area contributed by atoms with Gasteiger partial charge in [-0.05, 0) is 55.5 Å². The molecule has 0 bridgehead atoms. The summed E-state index contributed by atoms with van der Waals surface area (Å²) >= 11 is 12.4. The Morgan fingerprint density at radius 3 is 2.39 bits per heavy atom. The van der Waals surface area contributed by atoms with Crippen LogP contribution >= 0.6 is 23.2 Å². The van der Waals surface area contributed by atoms with Gasteiger partial charge in [0.2, 0.25) is 11.8 Å². The Morgan fingerprint density at radius 1 is 1.09 bits per heavy atom. The summed E-state index contributed by atoms with van der Waals surface area (Å²) in [5, 5.41) is 3.96. The lowest BCUT2D eigenvalue weighted by molar-refractivity contribution is -0.141. The van der Waals surface area contributed by atoms with Crippen LogP contribution in [0, 0.1) is 12.8 Å². The normalized spacial score (nSPS) is 11.8. The van der Waals surface area contributed by atoms with Crippen LogP contribution in [0.25, 0.3) is 0 Å². The predicted molar refractivity (Wildman–Crippen MR) is 135 cm³/mol. The maximum Gasteiger partial charge on any atom is 0.242 e. The summed E-state index contributed by atoms with van der Waals surface area (Å²) in [7, 11) is 0. The molecule has 0 aliphatic rings. The van der Waals surface area contributed by atoms with Crippen LogP contribution in [0.2, 0.25) is 10.0 Å². The maximum absolute atomic E-state index is 13.2. The molecule has 0 saturated carbocycles. The highest BCUT2D eigenvalue weighted by atomic mass is 35.5. The molecular weight excluding hydrogens is 459 g/mol. The summed E-state index contributed by atoms with van der Waals surface area (Å²) in [5.74, 6) is 0.832. The lowest BCUT2D eigenvalue weighted by atomic mass is 10.1. The molecule has 0 aliphatic heterocycles. The molecule has 2 aromatic carbocycles. The number of nitrogens with one attached hydrogen (secondary N) is 1. The van der Waals surface area contributed by atoms with Crippen molar-refractivity contribution in [3.05, 3.63) is 63.6 Å². The van der Waals surface area contributed by atoms with Crippen LogP contribution in [0.15, 0.2) is 42.5 Å². The number of ether oxygens (including phenoxy) is 1. The molecule has 1 N–H and O–H groups in total. The highest BCUT2D eigenvalue weighted by Crippen LogP contribution is 2.24. The fourth-order valence-corrected chi connectivity index (χ4v) is 3.84. The molecule has 2 amide bonds. The number of carbonyl (C=O) groups is 2. The molecule has 0 aromatic heterocycles. The standard InChI is InChI=1S/C26H34Cl2N2O3/c1-5-24(26(32)29-16-18(2)3)30(17-20-10-11-21(27)15-23(20)28)25(31)7-6-14-33-22-12-8-19(4)9-13-22/h8-13,15,18,24H,5-7,14,16-17H2,1-4H3,(H,29,32). The third-order valence-electron chi connectivity index (χ3n) is 5.25. The Labute approximate surface area is 207 Å².